The zero-order chi connectivity index (χ0) is 30.2. The maximum atomic E-state index is 14.1. The van der Waals surface area contributed by atoms with Gasteiger partial charge in [-0.25, -0.2) is 4.79 Å². The Kier molecular flexibility index (Phi) is 10.1. The van der Waals surface area contributed by atoms with Gasteiger partial charge in [0.05, 0.1) is 6.07 Å². The van der Waals surface area contributed by atoms with Gasteiger partial charge < -0.3 is 20.3 Å². The number of carbonyl (C=O) groups is 3. The highest BCUT2D eigenvalue weighted by Gasteiger charge is 2.38. The van der Waals surface area contributed by atoms with Crippen LogP contribution in [0.3, 0.4) is 0 Å². The number of nitriles is 1. The molecule has 0 aliphatic heterocycles. The molecule has 3 aromatic carbocycles. The summed E-state index contributed by atoms with van der Waals surface area (Å²) in [5.41, 5.74) is 0.824. The van der Waals surface area contributed by atoms with Crippen molar-refractivity contribution < 1.29 is 19.1 Å². The fraction of sp³-hybridized carbons (Fsp3) is 0.333. The van der Waals surface area contributed by atoms with Crippen molar-refractivity contribution in [1.29, 1.82) is 5.26 Å². The third-order valence-corrected chi connectivity index (χ3v) is 6.65. The number of carbonyl (C=O) groups excluding carboxylic acids is 3. The van der Waals surface area contributed by atoms with Gasteiger partial charge in [-0.1, -0.05) is 68.7 Å². The van der Waals surface area contributed by atoms with Crippen LogP contribution in [0.4, 0.5) is 10.5 Å². The van der Waals surface area contributed by atoms with Crippen molar-refractivity contribution in [3.63, 3.8) is 0 Å². The number of benzene rings is 3. The Labute approximate surface area is 241 Å². The molecule has 0 bridgehead atoms. The zero-order valence-electron chi connectivity index (χ0n) is 24.1. The Morgan fingerprint density at radius 3 is 2.27 bits per heavy atom. The van der Waals surface area contributed by atoms with Gasteiger partial charge in [0, 0.05) is 11.3 Å². The summed E-state index contributed by atoms with van der Waals surface area (Å²) in [5, 5.41) is 17.3. The van der Waals surface area contributed by atoms with Crippen LogP contribution in [0.2, 0.25) is 0 Å². The van der Waals surface area contributed by atoms with Crippen LogP contribution >= 0.6 is 0 Å². The first-order chi connectivity index (χ1) is 19.5. The highest BCUT2D eigenvalue weighted by Crippen LogP contribution is 2.27. The predicted molar refractivity (Wildman–Crippen MR) is 160 cm³/mol. The lowest BCUT2D eigenvalue weighted by atomic mass is 9.95. The second kappa shape index (κ2) is 13.5. The van der Waals surface area contributed by atoms with Crippen molar-refractivity contribution in [2.45, 2.75) is 58.7 Å². The minimum absolute atomic E-state index is 0.316. The summed E-state index contributed by atoms with van der Waals surface area (Å²) in [4.78, 5) is 41.9. The van der Waals surface area contributed by atoms with Crippen LogP contribution in [0.5, 0.6) is 0 Å². The summed E-state index contributed by atoms with van der Waals surface area (Å²) < 4.78 is 5.40. The van der Waals surface area contributed by atoms with Crippen molar-refractivity contribution in [1.82, 2.24) is 10.2 Å². The van der Waals surface area contributed by atoms with Crippen molar-refractivity contribution >= 4 is 34.4 Å². The number of nitrogens with zero attached hydrogens (tertiary/aromatic N) is 2. The van der Waals surface area contributed by atoms with E-state index in [0.717, 1.165) is 10.8 Å². The number of rotatable bonds is 9. The molecular formula is C33H36N4O4. The Morgan fingerprint density at radius 1 is 1.02 bits per heavy atom. The minimum atomic E-state index is -1.19. The number of hydrogen-bond donors (Lipinski definition) is 2. The first kappa shape index (κ1) is 30.7. The summed E-state index contributed by atoms with van der Waals surface area (Å²) >= 11 is 0. The predicted octanol–water partition coefficient (Wildman–Crippen LogP) is 5.79. The Morgan fingerprint density at radius 2 is 1.68 bits per heavy atom. The number of terminal acetylenes is 1. The lowest BCUT2D eigenvalue weighted by Crippen LogP contribution is -2.54. The molecule has 0 aromatic heterocycles. The molecule has 0 saturated heterocycles. The molecule has 41 heavy (non-hydrogen) atoms. The molecule has 8 nitrogen and oxygen atoms in total. The molecule has 0 saturated carbocycles. The molecule has 3 aromatic rings. The SMILES string of the molecule is C#Cc1ccc(C(C(=O)Nc2ccc3ccccc3c2)N(CC#N)C(=O)C(NC(=O)OC(C)(C)C)C(C)CC)cc1. The third kappa shape index (κ3) is 8.09. The van der Waals surface area contributed by atoms with Crippen molar-refractivity contribution in [2.75, 3.05) is 11.9 Å². The zero-order valence-corrected chi connectivity index (χ0v) is 24.1. The van der Waals surface area contributed by atoms with Crippen LogP contribution in [0.15, 0.2) is 66.7 Å². The molecule has 0 heterocycles. The molecule has 3 unspecified atom stereocenters. The number of alkyl carbamates (subject to hydrolysis) is 1. The Balaban J connectivity index is 2.03. The van der Waals surface area contributed by atoms with E-state index in [9.17, 15) is 19.6 Å². The van der Waals surface area contributed by atoms with Crippen LogP contribution in [0.25, 0.3) is 10.8 Å². The van der Waals surface area contributed by atoms with Gasteiger partial charge in [0.1, 0.15) is 24.2 Å². The van der Waals surface area contributed by atoms with Crippen LogP contribution in [-0.4, -0.2) is 41.0 Å². The number of amides is 3. The standard InChI is InChI=1S/C33H36N4O4/c1-7-22(3)28(36-32(40)41-33(4,5)6)31(39)37(20-19-34)29(25-15-13-23(8-2)14-16-25)30(38)35-27-18-17-24-11-9-10-12-26(24)21-27/h2,9-18,21-22,28-29H,7,20H2,1,3-6H3,(H,35,38)(H,36,40). The third-order valence-electron chi connectivity index (χ3n) is 6.65. The van der Waals surface area contributed by atoms with Gasteiger partial charge in [0.15, 0.2) is 0 Å². The van der Waals surface area contributed by atoms with E-state index in [1.165, 1.54) is 4.90 Å². The van der Waals surface area contributed by atoms with Gasteiger partial charge in [-0.3, -0.25) is 9.59 Å². The molecule has 0 radical (unpaired) electrons. The quantitative estimate of drug-likeness (QED) is 0.258. The van der Waals surface area contributed by atoms with E-state index in [4.69, 9.17) is 11.2 Å². The molecule has 3 rings (SSSR count). The number of hydrogen-bond acceptors (Lipinski definition) is 5. The van der Waals surface area contributed by atoms with Gasteiger partial charge in [0.25, 0.3) is 5.91 Å². The molecule has 0 aliphatic carbocycles. The van der Waals surface area contributed by atoms with Crippen molar-refractivity contribution in [2.24, 2.45) is 5.92 Å². The average molecular weight is 553 g/mol. The number of anilines is 1. The summed E-state index contributed by atoms with van der Waals surface area (Å²) in [5.74, 6) is 1.13. The second-order valence-electron chi connectivity index (χ2n) is 10.9. The molecule has 0 aliphatic rings. The topological polar surface area (TPSA) is 112 Å². The lowest BCUT2D eigenvalue weighted by Gasteiger charge is -2.34. The van der Waals surface area contributed by atoms with Crippen LogP contribution in [0, 0.1) is 29.6 Å². The van der Waals surface area contributed by atoms with Gasteiger partial charge in [-0.15, -0.1) is 6.42 Å². The maximum absolute atomic E-state index is 14.1. The van der Waals surface area contributed by atoms with E-state index in [1.54, 1.807) is 51.1 Å². The van der Waals surface area contributed by atoms with Gasteiger partial charge in [-0.2, -0.15) is 5.26 Å². The van der Waals surface area contributed by atoms with Gasteiger partial charge in [0.2, 0.25) is 5.91 Å². The van der Waals surface area contributed by atoms with Crippen LogP contribution < -0.4 is 10.6 Å². The van der Waals surface area contributed by atoms with Gasteiger partial charge >= 0.3 is 6.09 Å². The fourth-order valence-corrected chi connectivity index (χ4v) is 4.38. The summed E-state index contributed by atoms with van der Waals surface area (Å²) in [7, 11) is 0. The molecule has 0 fully saturated rings. The molecule has 212 valence electrons. The Bertz CT molecular complexity index is 1480. The van der Waals surface area contributed by atoms with E-state index in [-0.39, 0.29) is 5.92 Å². The van der Waals surface area contributed by atoms with E-state index < -0.39 is 42.1 Å². The highest BCUT2D eigenvalue weighted by atomic mass is 16.6. The summed E-state index contributed by atoms with van der Waals surface area (Å²) in [6.07, 6.45) is 5.32. The van der Waals surface area contributed by atoms with Crippen molar-refractivity contribution in [3.8, 4) is 18.4 Å². The maximum Gasteiger partial charge on any atom is 0.408 e. The molecular weight excluding hydrogens is 516 g/mol. The van der Waals surface area contributed by atoms with Crippen LogP contribution in [0.1, 0.15) is 58.2 Å². The van der Waals surface area contributed by atoms with E-state index in [1.807, 2.05) is 56.3 Å². The molecule has 8 heteroatoms. The highest BCUT2D eigenvalue weighted by molar-refractivity contribution is 6.00. The first-order valence-electron chi connectivity index (χ1n) is 13.5. The summed E-state index contributed by atoms with van der Waals surface area (Å²) in [6, 6.07) is 19.7. The van der Waals surface area contributed by atoms with Crippen LogP contribution in [-0.2, 0) is 14.3 Å². The van der Waals surface area contributed by atoms with Gasteiger partial charge in [-0.05, 0) is 67.3 Å². The van der Waals surface area contributed by atoms with Crippen molar-refractivity contribution in [3.05, 3.63) is 77.9 Å². The van der Waals surface area contributed by atoms with E-state index in [2.05, 4.69) is 16.6 Å². The fourth-order valence-electron chi connectivity index (χ4n) is 4.38. The normalized spacial score (nSPS) is 13.1. The number of nitrogens with one attached hydrogen (secondary N) is 2. The smallest absolute Gasteiger partial charge is 0.408 e. The number of ether oxygens (including phenoxy) is 1. The Hall–Kier alpha value is -4.82. The van der Waals surface area contributed by atoms with E-state index >= 15 is 0 Å². The largest absolute Gasteiger partial charge is 0.444 e. The molecule has 3 amide bonds. The molecule has 3 atom stereocenters. The average Bonchev–Trinajstić information content (AvgIpc) is 2.94. The lowest BCUT2D eigenvalue weighted by molar-refractivity contribution is -0.141. The van der Waals surface area contributed by atoms with E-state index in [0.29, 0.717) is 23.2 Å². The molecule has 0 spiro atoms. The first-order valence-corrected chi connectivity index (χ1v) is 13.5. The number of fused-ring (bicyclic) bond motifs is 1. The summed E-state index contributed by atoms with van der Waals surface area (Å²) in [6.45, 7) is 8.48. The molecule has 2 N–H and O–H groups in total. The minimum Gasteiger partial charge on any atom is -0.444 e. The monoisotopic (exact) mass is 552 g/mol. The second-order valence-corrected chi connectivity index (χ2v) is 10.9.